The normalized spacial score (nSPS) is 0. The Labute approximate surface area is 72.4 Å². The van der Waals surface area contributed by atoms with Gasteiger partial charge in [-0.25, -0.2) is 0 Å². The van der Waals surface area contributed by atoms with E-state index in [1.807, 2.05) is 0 Å². The first-order chi connectivity index (χ1) is 0. The molecule has 0 aromatic rings. The monoisotopic (exact) mass is 285 g/mol. The van der Waals surface area contributed by atoms with Crippen molar-refractivity contribution in [3.63, 3.8) is 0 Å². The maximum Gasteiger partial charge on any atom is 0 e. The maximum absolute atomic E-state index is 0. The van der Waals surface area contributed by atoms with Gasteiger partial charge in [-0.15, -0.1) is 50.9 Å². The SMILES string of the molecule is Br.Br.Br.S.[B]. The van der Waals surface area contributed by atoms with Gasteiger partial charge in [0.1, 0.15) is 0 Å². The summed E-state index contributed by atoms with van der Waals surface area (Å²) in [4.78, 5) is 0. The molecule has 0 heterocycles. The molecular formula is H5BBr3S. The number of rotatable bonds is 0. The van der Waals surface area contributed by atoms with Crippen LogP contribution in [0.2, 0.25) is 0 Å². The van der Waals surface area contributed by atoms with E-state index in [1.165, 1.54) is 0 Å². The van der Waals surface area contributed by atoms with E-state index in [0.717, 1.165) is 0 Å². The van der Waals surface area contributed by atoms with Gasteiger partial charge in [-0.3, -0.25) is 0 Å². The first kappa shape index (κ1) is 68.3. The van der Waals surface area contributed by atoms with Crippen molar-refractivity contribution in [3.8, 4) is 0 Å². The van der Waals surface area contributed by atoms with Gasteiger partial charge in [-0.05, 0) is 0 Å². The van der Waals surface area contributed by atoms with Crippen LogP contribution < -0.4 is 0 Å². The van der Waals surface area contributed by atoms with Crippen molar-refractivity contribution >= 4 is 72.9 Å². The molecule has 0 saturated heterocycles. The fraction of sp³-hybridized carbons (Fsp3) is 0. The van der Waals surface area contributed by atoms with E-state index in [9.17, 15) is 0 Å². The van der Waals surface area contributed by atoms with Crippen LogP contribution in [0.15, 0.2) is 0 Å². The number of hydrogen-bond donors (Lipinski definition) is 0. The zero-order chi connectivity index (χ0) is 0. The molecule has 0 aromatic carbocycles. The molecule has 0 N–H and O–H groups in total. The standard InChI is InChI=1S/B.3BrH.H2S/h;3*1H;1H2. The summed E-state index contributed by atoms with van der Waals surface area (Å²) in [7, 11) is 0. The van der Waals surface area contributed by atoms with Crippen LogP contribution in [0, 0.1) is 0 Å². The minimum atomic E-state index is 0. The predicted octanol–water partition coefficient (Wildman–Crippen LogP) is 1.47. The highest BCUT2D eigenvalue weighted by molar-refractivity contribution is 8.93. The smallest absolute Gasteiger partial charge is 0 e. The molecule has 0 aliphatic rings. The highest BCUT2D eigenvalue weighted by Gasteiger charge is 0.0000322. The van der Waals surface area contributed by atoms with Gasteiger partial charge in [-0.2, -0.15) is 13.5 Å². The fourth-order valence-electron chi connectivity index (χ4n) is 0. The molecule has 5 heavy (non-hydrogen) atoms. The summed E-state index contributed by atoms with van der Waals surface area (Å²) in [6, 6.07) is 0. The molecule has 0 bridgehead atoms. The lowest BCUT2D eigenvalue weighted by Crippen LogP contribution is -0.381. The Kier molecular flexibility index (Phi) is 548. The molecule has 0 atom stereocenters. The minimum absolute atomic E-state index is 0. The summed E-state index contributed by atoms with van der Waals surface area (Å²) in [5.74, 6) is 0. The number of halogens is 3. The average molecular weight is 288 g/mol. The summed E-state index contributed by atoms with van der Waals surface area (Å²) in [5.41, 5.74) is 0. The zero-order valence-electron chi connectivity index (χ0n) is 2.30. The van der Waals surface area contributed by atoms with E-state index in [2.05, 4.69) is 0 Å². The molecule has 0 aliphatic carbocycles. The number of hydrogen-bond acceptors (Lipinski definition) is 0. The van der Waals surface area contributed by atoms with Crippen LogP contribution in [0.5, 0.6) is 0 Å². The Hall–Kier alpha value is 1.85. The van der Waals surface area contributed by atoms with Crippen LogP contribution in [0.4, 0.5) is 0 Å². The Morgan fingerprint density at radius 2 is 0.600 bits per heavy atom. The Bertz CT molecular complexity index is 6.85. The van der Waals surface area contributed by atoms with E-state index in [4.69, 9.17) is 0 Å². The van der Waals surface area contributed by atoms with Crippen LogP contribution in [0.3, 0.4) is 0 Å². The largest absolute Gasteiger partial charge is 0.197 e. The van der Waals surface area contributed by atoms with Crippen LogP contribution in [-0.4, -0.2) is 8.41 Å². The Balaban J connectivity index is 0. The van der Waals surface area contributed by atoms with E-state index >= 15 is 0 Å². The molecule has 5 heteroatoms. The van der Waals surface area contributed by atoms with Gasteiger partial charge < -0.3 is 0 Å². The average Bonchev–Trinajstić information content (AvgIpc) is 0. The van der Waals surface area contributed by atoms with E-state index in [0.29, 0.717) is 0 Å². The van der Waals surface area contributed by atoms with Gasteiger partial charge in [-0.1, -0.05) is 0 Å². The van der Waals surface area contributed by atoms with E-state index in [-0.39, 0.29) is 72.9 Å². The van der Waals surface area contributed by atoms with Crippen molar-refractivity contribution < 1.29 is 0 Å². The third-order valence-electron chi connectivity index (χ3n) is 0. The minimum Gasteiger partial charge on any atom is -0.197 e. The van der Waals surface area contributed by atoms with Gasteiger partial charge in [0, 0.05) is 8.41 Å². The van der Waals surface area contributed by atoms with Gasteiger partial charge in [0.15, 0.2) is 0 Å². The molecule has 0 spiro atoms. The lowest BCUT2D eigenvalue weighted by molar-refractivity contribution is 5.75. The van der Waals surface area contributed by atoms with Crippen LogP contribution in [-0.2, 0) is 0 Å². The summed E-state index contributed by atoms with van der Waals surface area (Å²) in [6.45, 7) is 0. The molecule has 0 aromatic heterocycles. The van der Waals surface area contributed by atoms with Crippen molar-refractivity contribution in [2.75, 3.05) is 0 Å². The summed E-state index contributed by atoms with van der Waals surface area (Å²) in [6.07, 6.45) is 0. The molecule has 0 saturated carbocycles. The Morgan fingerprint density at radius 3 is 0.600 bits per heavy atom. The van der Waals surface area contributed by atoms with Gasteiger partial charge in [0.05, 0.1) is 0 Å². The van der Waals surface area contributed by atoms with Gasteiger partial charge >= 0.3 is 0 Å². The van der Waals surface area contributed by atoms with Crippen LogP contribution in [0.25, 0.3) is 0 Å². The highest BCUT2D eigenvalue weighted by Crippen LogP contribution is 0.848. The fourth-order valence-corrected chi connectivity index (χ4v) is 0. The molecule has 0 fully saturated rings. The molecule has 0 nitrogen and oxygen atoms in total. The highest BCUT2D eigenvalue weighted by atomic mass is 79.9. The Morgan fingerprint density at radius 1 is 0.600 bits per heavy atom. The third-order valence-corrected chi connectivity index (χ3v) is 0. The van der Waals surface area contributed by atoms with Crippen LogP contribution >= 0.6 is 64.4 Å². The van der Waals surface area contributed by atoms with E-state index < -0.39 is 0 Å². The van der Waals surface area contributed by atoms with Crippen molar-refractivity contribution in [3.05, 3.63) is 0 Å². The lowest BCUT2D eigenvalue weighted by atomic mass is 10.8. The zero-order valence-corrected chi connectivity index (χ0v) is 8.44. The van der Waals surface area contributed by atoms with Gasteiger partial charge in [0.25, 0.3) is 0 Å². The second kappa shape index (κ2) is 40.1. The molecule has 35 valence electrons. The molecule has 0 rings (SSSR count). The third kappa shape index (κ3) is 25.3. The van der Waals surface area contributed by atoms with Crippen molar-refractivity contribution in [1.29, 1.82) is 0 Å². The lowest BCUT2D eigenvalue weighted by Gasteiger charge is -0.197. The first-order valence-corrected chi connectivity index (χ1v) is 0. The van der Waals surface area contributed by atoms with Gasteiger partial charge in [0.2, 0.25) is 0 Å². The molecule has 0 amide bonds. The van der Waals surface area contributed by atoms with Crippen molar-refractivity contribution in [2.45, 2.75) is 0 Å². The summed E-state index contributed by atoms with van der Waals surface area (Å²) >= 11 is 0. The van der Waals surface area contributed by atoms with Crippen molar-refractivity contribution in [1.82, 2.24) is 0 Å². The molecule has 0 unspecified atom stereocenters. The molecular weight excluding hydrogens is 283 g/mol. The molecule has 3 radical (unpaired) electrons. The second-order valence-electron chi connectivity index (χ2n) is 0. The topological polar surface area (TPSA) is 0 Å². The first-order valence-electron chi connectivity index (χ1n) is 0. The van der Waals surface area contributed by atoms with E-state index in [1.54, 1.807) is 0 Å². The van der Waals surface area contributed by atoms with Crippen LogP contribution in [0.1, 0.15) is 0 Å². The predicted molar refractivity (Wildman–Crippen MR) is 47.1 cm³/mol. The van der Waals surface area contributed by atoms with Crippen molar-refractivity contribution in [2.24, 2.45) is 0 Å². The quantitative estimate of drug-likeness (QED) is 0.592. The molecule has 0 aliphatic heterocycles. The summed E-state index contributed by atoms with van der Waals surface area (Å²) < 4.78 is 0. The summed E-state index contributed by atoms with van der Waals surface area (Å²) in [5, 5.41) is 0. The maximum atomic E-state index is 0. The second-order valence-corrected chi connectivity index (χ2v) is 0.